The van der Waals surface area contributed by atoms with Crippen molar-refractivity contribution in [2.75, 3.05) is 0 Å². The van der Waals surface area contributed by atoms with Gasteiger partial charge in [0.05, 0.1) is 5.56 Å². The highest BCUT2D eigenvalue weighted by atomic mass is 19.4. The standard InChI is InChI=1S/C14H8F6O2/c15-13(16,17)10-4-2-1-3-9(10)8-5-6-11(21)12(7-8)22-14(18,19)20/h1-7,21H. The second-order valence-electron chi connectivity index (χ2n) is 4.27. The molecule has 0 saturated carbocycles. The zero-order valence-corrected chi connectivity index (χ0v) is 10.7. The molecule has 0 bridgehead atoms. The molecule has 0 aliphatic carbocycles. The van der Waals surface area contributed by atoms with Gasteiger partial charge in [0.1, 0.15) is 0 Å². The van der Waals surface area contributed by atoms with E-state index in [0.29, 0.717) is 6.07 Å². The molecule has 1 N–H and O–H groups in total. The maximum absolute atomic E-state index is 12.9. The van der Waals surface area contributed by atoms with Gasteiger partial charge in [-0.1, -0.05) is 24.3 Å². The van der Waals surface area contributed by atoms with Crippen molar-refractivity contribution >= 4 is 0 Å². The van der Waals surface area contributed by atoms with Crippen LogP contribution in [0.5, 0.6) is 11.5 Å². The van der Waals surface area contributed by atoms with Gasteiger partial charge in [-0.3, -0.25) is 0 Å². The van der Waals surface area contributed by atoms with E-state index in [1.807, 2.05) is 0 Å². The van der Waals surface area contributed by atoms with Crippen molar-refractivity contribution in [1.82, 2.24) is 0 Å². The second kappa shape index (κ2) is 5.43. The predicted octanol–water partition coefficient (Wildman–Crippen LogP) is 4.98. The van der Waals surface area contributed by atoms with E-state index in [2.05, 4.69) is 4.74 Å². The van der Waals surface area contributed by atoms with E-state index in [4.69, 9.17) is 0 Å². The fourth-order valence-electron chi connectivity index (χ4n) is 1.87. The van der Waals surface area contributed by atoms with Crippen LogP contribution in [0.25, 0.3) is 11.1 Å². The van der Waals surface area contributed by atoms with E-state index in [-0.39, 0.29) is 11.1 Å². The monoisotopic (exact) mass is 322 g/mol. The van der Waals surface area contributed by atoms with Crippen LogP contribution in [0.3, 0.4) is 0 Å². The summed E-state index contributed by atoms with van der Waals surface area (Å²) in [6.45, 7) is 0. The van der Waals surface area contributed by atoms with Crippen LogP contribution >= 0.6 is 0 Å². The summed E-state index contributed by atoms with van der Waals surface area (Å²) in [5.74, 6) is -1.80. The lowest BCUT2D eigenvalue weighted by Crippen LogP contribution is -2.17. The maximum atomic E-state index is 12.9. The average Bonchev–Trinajstić information content (AvgIpc) is 2.39. The highest BCUT2D eigenvalue weighted by molar-refractivity contribution is 5.70. The smallest absolute Gasteiger partial charge is 0.504 e. The van der Waals surface area contributed by atoms with Crippen molar-refractivity contribution in [2.45, 2.75) is 12.5 Å². The van der Waals surface area contributed by atoms with Crippen LogP contribution in [0.2, 0.25) is 0 Å². The minimum atomic E-state index is -5.07. The molecule has 0 radical (unpaired) electrons. The summed E-state index contributed by atoms with van der Waals surface area (Å²) in [5, 5.41) is 9.33. The van der Waals surface area contributed by atoms with Crippen molar-refractivity contribution in [2.24, 2.45) is 0 Å². The first-order chi connectivity index (χ1) is 10.1. The quantitative estimate of drug-likeness (QED) is 0.791. The van der Waals surface area contributed by atoms with Gasteiger partial charge in [0.25, 0.3) is 0 Å². The van der Waals surface area contributed by atoms with Gasteiger partial charge in [-0.25, -0.2) is 0 Å². The van der Waals surface area contributed by atoms with Gasteiger partial charge in [-0.15, -0.1) is 13.2 Å². The van der Waals surface area contributed by atoms with Crippen LogP contribution in [-0.4, -0.2) is 11.5 Å². The molecule has 0 heterocycles. The number of aromatic hydroxyl groups is 1. The highest BCUT2D eigenvalue weighted by Gasteiger charge is 2.34. The third-order valence-electron chi connectivity index (χ3n) is 2.73. The Bertz CT molecular complexity index is 676. The minimum Gasteiger partial charge on any atom is -0.504 e. The first kappa shape index (κ1) is 16.0. The molecule has 2 nitrogen and oxygen atoms in total. The lowest BCUT2D eigenvalue weighted by molar-refractivity contribution is -0.275. The summed E-state index contributed by atoms with van der Waals surface area (Å²) in [7, 11) is 0. The van der Waals surface area contributed by atoms with Crippen LogP contribution in [-0.2, 0) is 6.18 Å². The van der Waals surface area contributed by atoms with Gasteiger partial charge >= 0.3 is 12.5 Å². The normalized spacial score (nSPS) is 12.3. The third-order valence-corrected chi connectivity index (χ3v) is 2.73. The summed E-state index contributed by atoms with van der Waals surface area (Å²) < 4.78 is 79.0. The van der Waals surface area contributed by atoms with E-state index >= 15 is 0 Å². The topological polar surface area (TPSA) is 29.5 Å². The molecule has 118 valence electrons. The van der Waals surface area contributed by atoms with Gasteiger partial charge in [-0.05, 0) is 29.3 Å². The molecule has 0 unspecified atom stereocenters. The van der Waals surface area contributed by atoms with Gasteiger partial charge in [0.2, 0.25) is 0 Å². The Hall–Kier alpha value is -2.38. The van der Waals surface area contributed by atoms with Gasteiger partial charge in [0, 0.05) is 0 Å². The van der Waals surface area contributed by atoms with Crippen LogP contribution in [0.15, 0.2) is 42.5 Å². The fourth-order valence-corrected chi connectivity index (χ4v) is 1.87. The minimum absolute atomic E-state index is 0.162. The first-order valence-corrected chi connectivity index (χ1v) is 5.83. The Labute approximate surface area is 120 Å². The summed E-state index contributed by atoms with van der Waals surface area (Å²) in [4.78, 5) is 0. The van der Waals surface area contributed by atoms with Crippen molar-refractivity contribution in [1.29, 1.82) is 0 Å². The second-order valence-corrected chi connectivity index (χ2v) is 4.27. The Morgan fingerprint density at radius 2 is 1.50 bits per heavy atom. The first-order valence-electron chi connectivity index (χ1n) is 5.83. The number of benzene rings is 2. The van der Waals surface area contributed by atoms with Gasteiger partial charge in [-0.2, -0.15) is 13.2 Å². The molecule has 0 spiro atoms. The highest BCUT2D eigenvalue weighted by Crippen LogP contribution is 2.40. The summed E-state index contributed by atoms with van der Waals surface area (Å²) in [6, 6.07) is 7.03. The number of phenols is 1. The zero-order chi connectivity index (χ0) is 16.5. The fraction of sp³-hybridized carbons (Fsp3) is 0.143. The third kappa shape index (κ3) is 3.63. The number of phenolic OH excluding ortho intramolecular Hbond substituents is 1. The molecule has 0 aliphatic rings. The van der Waals surface area contributed by atoms with Crippen LogP contribution in [0, 0.1) is 0 Å². The molecule has 0 aromatic heterocycles. The molecule has 0 amide bonds. The summed E-state index contributed by atoms with van der Waals surface area (Å²) >= 11 is 0. The summed E-state index contributed by atoms with van der Waals surface area (Å²) in [6.07, 6.45) is -9.74. The zero-order valence-electron chi connectivity index (χ0n) is 10.7. The van der Waals surface area contributed by atoms with Crippen molar-refractivity contribution in [3.8, 4) is 22.6 Å². The lowest BCUT2D eigenvalue weighted by Gasteiger charge is -2.15. The molecule has 0 fully saturated rings. The summed E-state index contributed by atoms with van der Waals surface area (Å²) in [5.41, 5.74) is -1.48. The Balaban J connectivity index is 2.53. The predicted molar refractivity (Wildman–Crippen MR) is 65.2 cm³/mol. The number of hydrogen-bond acceptors (Lipinski definition) is 2. The number of hydrogen-bond donors (Lipinski definition) is 1. The largest absolute Gasteiger partial charge is 0.573 e. The van der Waals surface area contributed by atoms with E-state index in [0.717, 1.165) is 24.3 Å². The maximum Gasteiger partial charge on any atom is 0.573 e. The number of alkyl halides is 6. The number of ether oxygens (including phenoxy) is 1. The molecule has 2 aromatic carbocycles. The molecular formula is C14H8F6O2. The molecule has 2 rings (SSSR count). The van der Waals surface area contributed by atoms with Crippen LogP contribution in [0.1, 0.15) is 5.56 Å². The molecular weight excluding hydrogens is 314 g/mol. The van der Waals surface area contributed by atoms with E-state index < -0.39 is 29.6 Å². The van der Waals surface area contributed by atoms with Gasteiger partial charge < -0.3 is 9.84 Å². The average molecular weight is 322 g/mol. The molecule has 0 atom stereocenters. The van der Waals surface area contributed by atoms with Gasteiger partial charge in [0.15, 0.2) is 11.5 Å². The number of halogens is 6. The molecule has 0 saturated heterocycles. The van der Waals surface area contributed by atoms with E-state index in [1.54, 1.807) is 0 Å². The molecule has 0 aliphatic heterocycles. The lowest BCUT2D eigenvalue weighted by atomic mass is 9.99. The van der Waals surface area contributed by atoms with Crippen molar-refractivity contribution in [3.05, 3.63) is 48.0 Å². The van der Waals surface area contributed by atoms with E-state index in [9.17, 15) is 31.4 Å². The molecule has 8 heteroatoms. The van der Waals surface area contributed by atoms with Crippen molar-refractivity contribution in [3.63, 3.8) is 0 Å². The van der Waals surface area contributed by atoms with Crippen LogP contribution in [0.4, 0.5) is 26.3 Å². The van der Waals surface area contributed by atoms with Crippen LogP contribution < -0.4 is 4.74 Å². The number of rotatable bonds is 2. The Kier molecular flexibility index (Phi) is 3.95. The SMILES string of the molecule is Oc1ccc(-c2ccccc2C(F)(F)F)cc1OC(F)(F)F. The Morgan fingerprint density at radius 3 is 2.09 bits per heavy atom. The Morgan fingerprint density at radius 1 is 0.864 bits per heavy atom. The van der Waals surface area contributed by atoms with E-state index in [1.165, 1.54) is 12.1 Å². The molecule has 2 aromatic rings. The molecule has 22 heavy (non-hydrogen) atoms. The van der Waals surface area contributed by atoms with Crippen molar-refractivity contribution < 1.29 is 36.2 Å².